The number of amides is 2. The lowest BCUT2D eigenvalue weighted by molar-refractivity contribution is 0.0981. The molecule has 0 spiro atoms. The lowest BCUT2D eigenvalue weighted by atomic mass is 10.1. The average molecular weight is 625 g/mol. The maximum Gasteiger partial charge on any atom is 0.276 e. The second-order valence-electron chi connectivity index (χ2n) is 11.2. The highest BCUT2D eigenvalue weighted by Gasteiger charge is 2.37. The van der Waals surface area contributed by atoms with Crippen molar-refractivity contribution in [3.63, 3.8) is 0 Å². The number of hydrogen-bond donors (Lipinski definition) is 2. The van der Waals surface area contributed by atoms with Crippen LogP contribution in [0.2, 0.25) is 0 Å². The van der Waals surface area contributed by atoms with Crippen molar-refractivity contribution in [2.24, 2.45) is 0 Å². The van der Waals surface area contributed by atoms with Crippen molar-refractivity contribution < 1.29 is 23.6 Å². The van der Waals surface area contributed by atoms with E-state index in [9.17, 15) is 19.1 Å². The maximum absolute atomic E-state index is 14.4. The number of anilines is 3. The molecule has 2 aliphatic heterocycles. The number of benzene rings is 2. The Hall–Kier alpha value is -4.94. The molecule has 5 heterocycles. The van der Waals surface area contributed by atoms with E-state index in [-0.39, 0.29) is 29.2 Å². The number of aromatic nitrogens is 3. The molecule has 12 heteroatoms. The molecule has 2 atom stereocenters. The van der Waals surface area contributed by atoms with Crippen molar-refractivity contribution in [2.45, 2.75) is 38.8 Å². The van der Waals surface area contributed by atoms with Gasteiger partial charge in [0.1, 0.15) is 23.4 Å². The molecule has 2 amide bonds. The Morgan fingerprint density at radius 1 is 1.07 bits per heavy atom. The van der Waals surface area contributed by atoms with E-state index in [0.29, 0.717) is 59.6 Å². The fourth-order valence-corrected chi connectivity index (χ4v) is 7.11. The highest BCUT2D eigenvalue weighted by Crippen LogP contribution is 2.42. The molecule has 1 fully saturated rings. The van der Waals surface area contributed by atoms with E-state index in [1.54, 1.807) is 49.1 Å². The van der Waals surface area contributed by atoms with Crippen LogP contribution < -0.4 is 15.1 Å². The topological polar surface area (TPSA) is 125 Å². The number of carbonyl (C=O) groups is 2. The highest BCUT2D eigenvalue weighted by atomic mass is 32.1. The van der Waals surface area contributed by atoms with Crippen molar-refractivity contribution in [1.82, 2.24) is 15.1 Å². The molecule has 0 aliphatic carbocycles. The minimum Gasteiger partial charge on any atom is -0.391 e. The van der Waals surface area contributed by atoms with E-state index in [0.717, 1.165) is 16.0 Å². The number of rotatable bonds is 5. The summed E-state index contributed by atoms with van der Waals surface area (Å²) in [6.07, 6.45) is 0.306. The van der Waals surface area contributed by atoms with Crippen molar-refractivity contribution in [1.29, 1.82) is 0 Å². The second-order valence-corrected chi connectivity index (χ2v) is 12.2. The first-order valence-electron chi connectivity index (χ1n) is 14.6. The predicted octanol–water partition coefficient (Wildman–Crippen LogP) is 5.72. The molecule has 10 nitrogen and oxygen atoms in total. The van der Waals surface area contributed by atoms with Gasteiger partial charge in [0.25, 0.3) is 11.8 Å². The van der Waals surface area contributed by atoms with E-state index in [4.69, 9.17) is 9.51 Å². The fraction of sp³-hybridized carbons (Fsp3) is 0.242. The van der Waals surface area contributed by atoms with E-state index < -0.39 is 11.9 Å². The standard InChI is InChI=1S/C33H29FN6O4S/c1-18-7-5-9-23(34)29(18)37-31(42)27-15-20-13-14-39(25-11-4-3-8-22(25)30(20)45-27)33(43)24-10-6-12-28(36-24)40-17-21(41)16-26(40)32-35-19(2)38-44-32/h3-12,15,21,26,41H,13-14,16-17H2,1-2H3,(H,37,42)/t21-,26+/m0/s1. The van der Waals surface area contributed by atoms with Gasteiger partial charge in [-0.3, -0.25) is 9.59 Å². The largest absolute Gasteiger partial charge is 0.391 e. The van der Waals surface area contributed by atoms with Crippen LogP contribution in [-0.4, -0.2) is 51.2 Å². The van der Waals surface area contributed by atoms with Crippen LogP contribution in [0.15, 0.2) is 71.3 Å². The van der Waals surface area contributed by atoms with E-state index >= 15 is 0 Å². The third kappa shape index (κ3) is 5.36. The second kappa shape index (κ2) is 11.5. The SMILES string of the molecule is Cc1noc([C@H]2C[C@H](O)CN2c2cccc(C(=O)N3CCc4cc(C(=O)Nc5c(C)cccc5F)sc4-c4ccccc43)n2)n1. The molecule has 2 N–H and O–H groups in total. The Morgan fingerprint density at radius 3 is 2.69 bits per heavy atom. The molecule has 2 aromatic carbocycles. The van der Waals surface area contributed by atoms with Crippen molar-refractivity contribution in [2.75, 3.05) is 28.2 Å². The van der Waals surface area contributed by atoms with Crippen LogP contribution in [0.5, 0.6) is 0 Å². The first kappa shape index (κ1) is 28.8. The number of thiophene rings is 1. The number of nitrogens with zero attached hydrogens (tertiary/aromatic N) is 5. The summed E-state index contributed by atoms with van der Waals surface area (Å²) in [7, 11) is 0. The monoisotopic (exact) mass is 624 g/mol. The highest BCUT2D eigenvalue weighted by molar-refractivity contribution is 7.17. The summed E-state index contributed by atoms with van der Waals surface area (Å²) in [5.74, 6) is 0.295. The molecule has 228 valence electrons. The van der Waals surface area contributed by atoms with E-state index in [1.165, 1.54) is 17.4 Å². The Kier molecular flexibility index (Phi) is 7.38. The number of pyridine rings is 1. The average Bonchev–Trinajstić information content (AvgIpc) is 3.75. The zero-order valence-electron chi connectivity index (χ0n) is 24.5. The Bertz CT molecular complexity index is 1920. The van der Waals surface area contributed by atoms with Crippen LogP contribution in [0.1, 0.15) is 55.5 Å². The molecule has 0 saturated carbocycles. The van der Waals surface area contributed by atoms with Gasteiger partial charge >= 0.3 is 0 Å². The molecule has 5 aromatic rings. The van der Waals surface area contributed by atoms with Crippen LogP contribution >= 0.6 is 11.3 Å². The molecule has 0 radical (unpaired) electrons. The zero-order valence-corrected chi connectivity index (χ0v) is 25.3. The molecule has 0 bridgehead atoms. The Labute approximate surface area is 262 Å². The third-order valence-corrected chi connectivity index (χ3v) is 9.35. The van der Waals surface area contributed by atoms with E-state index in [2.05, 4.69) is 15.5 Å². The molecule has 2 aliphatic rings. The number of hydrogen-bond acceptors (Lipinski definition) is 9. The molecule has 45 heavy (non-hydrogen) atoms. The smallest absolute Gasteiger partial charge is 0.276 e. The van der Waals surface area contributed by atoms with Crippen LogP contribution in [0.3, 0.4) is 0 Å². The molecule has 0 unspecified atom stereocenters. The number of carbonyl (C=O) groups excluding carboxylic acids is 2. The van der Waals surface area contributed by atoms with Crippen molar-refractivity contribution >= 4 is 40.3 Å². The van der Waals surface area contributed by atoms with Crippen molar-refractivity contribution in [3.8, 4) is 10.4 Å². The normalized spacial score (nSPS) is 17.5. The quantitative estimate of drug-likeness (QED) is 0.255. The first-order chi connectivity index (χ1) is 21.8. The van der Waals surface area contributed by atoms with Crippen LogP contribution in [0.4, 0.5) is 21.6 Å². The van der Waals surface area contributed by atoms with Crippen LogP contribution in [0.25, 0.3) is 10.4 Å². The summed E-state index contributed by atoms with van der Waals surface area (Å²) < 4.78 is 19.8. The fourth-order valence-electron chi connectivity index (χ4n) is 5.97. The number of β-amino-alcohol motifs (C(OH)–C–C–N with tert-alkyl or cyclic N) is 1. The van der Waals surface area contributed by atoms with E-state index in [1.807, 2.05) is 35.2 Å². The number of fused-ring (bicyclic) bond motifs is 3. The van der Waals surface area contributed by atoms with Gasteiger partial charge < -0.3 is 24.7 Å². The van der Waals surface area contributed by atoms with Crippen molar-refractivity contribution in [3.05, 3.63) is 106 Å². The predicted molar refractivity (Wildman–Crippen MR) is 168 cm³/mol. The number of para-hydroxylation sites is 2. The van der Waals surface area contributed by atoms with Crippen LogP contribution in [0, 0.1) is 19.7 Å². The van der Waals surface area contributed by atoms with Gasteiger partial charge in [-0.05, 0) is 61.7 Å². The summed E-state index contributed by atoms with van der Waals surface area (Å²) in [6, 6.07) is 19.0. The van der Waals surface area contributed by atoms with Gasteiger partial charge in [-0.1, -0.05) is 41.6 Å². The number of aliphatic hydroxyl groups is 1. The Morgan fingerprint density at radius 2 is 1.89 bits per heavy atom. The van der Waals surface area contributed by atoms with Gasteiger partial charge in [-0.25, -0.2) is 9.37 Å². The zero-order chi connectivity index (χ0) is 31.2. The molecule has 3 aromatic heterocycles. The summed E-state index contributed by atoms with van der Waals surface area (Å²) in [5, 5.41) is 17.1. The van der Waals surface area contributed by atoms with Gasteiger partial charge in [-0.15, -0.1) is 11.3 Å². The van der Waals surface area contributed by atoms with Gasteiger partial charge in [0, 0.05) is 30.0 Å². The summed E-state index contributed by atoms with van der Waals surface area (Å²) >= 11 is 1.32. The van der Waals surface area contributed by atoms with Gasteiger partial charge in [-0.2, -0.15) is 4.98 Å². The van der Waals surface area contributed by atoms with Crippen LogP contribution in [-0.2, 0) is 6.42 Å². The van der Waals surface area contributed by atoms with Gasteiger partial charge in [0.15, 0.2) is 5.82 Å². The lowest BCUT2D eigenvalue weighted by Crippen LogP contribution is -2.33. The molecule has 7 rings (SSSR count). The number of aryl methyl sites for hydroxylation is 2. The third-order valence-electron chi connectivity index (χ3n) is 8.14. The molecular formula is C33H29FN6O4S. The van der Waals surface area contributed by atoms with Gasteiger partial charge in [0.2, 0.25) is 5.89 Å². The first-order valence-corrected chi connectivity index (χ1v) is 15.4. The number of nitrogens with one attached hydrogen (secondary N) is 1. The number of aliphatic hydroxyl groups excluding tert-OH is 1. The minimum atomic E-state index is -0.609. The molecule has 1 saturated heterocycles. The lowest BCUT2D eigenvalue weighted by Gasteiger charge is -2.25. The number of halogens is 1. The maximum atomic E-state index is 14.4. The summed E-state index contributed by atoms with van der Waals surface area (Å²) in [5.41, 5.74) is 3.54. The van der Waals surface area contributed by atoms with Gasteiger partial charge in [0.05, 0.1) is 22.4 Å². The summed E-state index contributed by atoms with van der Waals surface area (Å²) in [4.78, 5) is 41.3. The molecular weight excluding hydrogens is 595 g/mol. The minimum absolute atomic E-state index is 0.167. The summed E-state index contributed by atoms with van der Waals surface area (Å²) in [6.45, 7) is 4.16. The Balaban J connectivity index is 1.17.